The van der Waals surface area contributed by atoms with Gasteiger partial charge in [0.25, 0.3) is 0 Å². The van der Waals surface area contributed by atoms with Gasteiger partial charge >= 0.3 is 5.97 Å². The van der Waals surface area contributed by atoms with Gasteiger partial charge in [0.1, 0.15) is 6.04 Å². The van der Waals surface area contributed by atoms with Crippen LogP contribution in [0.3, 0.4) is 0 Å². The van der Waals surface area contributed by atoms with Crippen LogP contribution in [0.2, 0.25) is 0 Å². The number of benzene rings is 4. The predicted octanol–water partition coefficient (Wildman–Crippen LogP) is 5.62. The van der Waals surface area contributed by atoms with E-state index in [4.69, 9.17) is 0 Å². The van der Waals surface area contributed by atoms with Crippen molar-refractivity contribution in [3.8, 4) is 0 Å². The van der Waals surface area contributed by atoms with Crippen molar-refractivity contribution in [2.45, 2.75) is 19.0 Å². The van der Waals surface area contributed by atoms with Crippen molar-refractivity contribution in [3.05, 3.63) is 138 Å². The molecule has 1 N–H and O–H groups in total. The molecule has 4 nitrogen and oxygen atoms in total. The molecule has 0 spiro atoms. The summed E-state index contributed by atoms with van der Waals surface area (Å²) in [6.07, 6.45) is 0.369. The molecular weight excluding hydrogens is 410 g/mol. The molecule has 0 aliphatic rings. The van der Waals surface area contributed by atoms with Crippen LogP contribution in [0.25, 0.3) is 0 Å². The second-order valence-corrected chi connectivity index (χ2v) is 7.90. The fourth-order valence-electron chi connectivity index (χ4n) is 3.89. The maximum absolute atomic E-state index is 12.8. The van der Waals surface area contributed by atoms with Crippen LogP contribution in [0.15, 0.2) is 115 Å². The SMILES string of the molecule is O=C(c1ccccc1)c1ccc(N(Cc2ccccc2)[C@@H](Cc2ccccc2)C(=O)O)cc1. The monoisotopic (exact) mass is 435 g/mol. The largest absolute Gasteiger partial charge is 0.480 e. The topological polar surface area (TPSA) is 57.6 Å². The van der Waals surface area contributed by atoms with Gasteiger partial charge in [-0.25, -0.2) is 4.79 Å². The molecule has 164 valence electrons. The summed E-state index contributed by atoms with van der Waals surface area (Å²) < 4.78 is 0. The van der Waals surface area contributed by atoms with E-state index >= 15 is 0 Å². The van der Waals surface area contributed by atoms with Gasteiger partial charge in [-0.05, 0) is 35.4 Å². The standard InChI is InChI=1S/C29H25NO3/c31-28(24-14-8-3-9-15-24)25-16-18-26(19-17-25)30(21-23-12-6-2-7-13-23)27(29(32)33)20-22-10-4-1-5-11-22/h1-19,27H,20-21H2,(H,32,33)/t27-/m0/s1. The third kappa shape index (κ3) is 5.55. The van der Waals surface area contributed by atoms with Crippen LogP contribution < -0.4 is 4.90 Å². The lowest BCUT2D eigenvalue weighted by atomic mass is 10.0. The Morgan fingerprint density at radius 2 is 1.12 bits per heavy atom. The third-order valence-electron chi connectivity index (χ3n) is 5.63. The fourth-order valence-corrected chi connectivity index (χ4v) is 3.89. The summed E-state index contributed by atoms with van der Waals surface area (Å²) in [6, 6.07) is 35.0. The minimum absolute atomic E-state index is 0.0594. The van der Waals surface area contributed by atoms with E-state index in [1.54, 1.807) is 24.3 Å². The van der Waals surface area contributed by atoms with Crippen molar-refractivity contribution in [2.24, 2.45) is 0 Å². The normalized spacial score (nSPS) is 11.5. The number of anilines is 1. The number of rotatable bonds is 9. The lowest BCUT2D eigenvalue weighted by Crippen LogP contribution is -2.42. The van der Waals surface area contributed by atoms with Crippen molar-refractivity contribution in [2.75, 3.05) is 4.90 Å². The zero-order chi connectivity index (χ0) is 23.0. The molecule has 0 heterocycles. The molecule has 4 rings (SSSR count). The van der Waals surface area contributed by atoms with Crippen LogP contribution in [0.4, 0.5) is 5.69 Å². The van der Waals surface area contributed by atoms with Crippen LogP contribution >= 0.6 is 0 Å². The van der Waals surface area contributed by atoms with Gasteiger partial charge in [0, 0.05) is 29.8 Å². The fraction of sp³-hybridized carbons (Fsp3) is 0.103. The first-order chi connectivity index (χ1) is 16.1. The Morgan fingerprint density at radius 3 is 1.67 bits per heavy atom. The third-order valence-corrected chi connectivity index (χ3v) is 5.63. The molecule has 4 aromatic rings. The van der Waals surface area contributed by atoms with Gasteiger partial charge < -0.3 is 10.0 Å². The van der Waals surface area contributed by atoms with Crippen molar-refractivity contribution >= 4 is 17.4 Å². The molecular formula is C29H25NO3. The van der Waals surface area contributed by atoms with E-state index in [0.717, 1.165) is 16.8 Å². The zero-order valence-electron chi connectivity index (χ0n) is 18.2. The lowest BCUT2D eigenvalue weighted by Gasteiger charge is -2.31. The molecule has 0 fully saturated rings. The number of carbonyl (C=O) groups excluding carboxylic acids is 1. The number of nitrogens with zero attached hydrogens (tertiary/aromatic N) is 1. The van der Waals surface area contributed by atoms with Gasteiger partial charge in [0.15, 0.2) is 5.78 Å². The second kappa shape index (κ2) is 10.4. The Kier molecular flexibility index (Phi) is 6.96. The Morgan fingerprint density at radius 1 is 0.636 bits per heavy atom. The van der Waals surface area contributed by atoms with Gasteiger partial charge in [0.05, 0.1) is 0 Å². The van der Waals surface area contributed by atoms with Crippen molar-refractivity contribution in [3.63, 3.8) is 0 Å². The summed E-state index contributed by atoms with van der Waals surface area (Å²) in [5.74, 6) is -0.949. The molecule has 4 heteroatoms. The molecule has 0 aliphatic heterocycles. The van der Waals surface area contributed by atoms with Gasteiger partial charge in [-0.2, -0.15) is 0 Å². The molecule has 0 radical (unpaired) electrons. The molecule has 0 saturated carbocycles. The maximum Gasteiger partial charge on any atom is 0.326 e. The van der Waals surface area contributed by atoms with Crippen LogP contribution in [0.1, 0.15) is 27.0 Å². The number of hydrogen-bond donors (Lipinski definition) is 1. The van der Waals surface area contributed by atoms with E-state index in [1.165, 1.54) is 0 Å². The first kappa shape index (κ1) is 22.0. The summed E-state index contributed by atoms with van der Waals surface area (Å²) >= 11 is 0. The minimum atomic E-state index is -0.890. The first-order valence-electron chi connectivity index (χ1n) is 10.9. The van der Waals surface area contributed by atoms with Gasteiger partial charge in [-0.15, -0.1) is 0 Å². The average Bonchev–Trinajstić information content (AvgIpc) is 2.87. The molecule has 4 aromatic carbocycles. The molecule has 0 amide bonds. The summed E-state index contributed by atoms with van der Waals surface area (Å²) in [6.45, 7) is 0.441. The zero-order valence-corrected chi connectivity index (χ0v) is 18.2. The Hall–Kier alpha value is -4.18. The Balaban J connectivity index is 1.66. The summed E-state index contributed by atoms with van der Waals surface area (Å²) in [4.78, 5) is 27.1. The van der Waals surface area contributed by atoms with Gasteiger partial charge in [0.2, 0.25) is 0 Å². The van der Waals surface area contributed by atoms with E-state index in [2.05, 4.69) is 0 Å². The van der Waals surface area contributed by atoms with E-state index in [-0.39, 0.29) is 5.78 Å². The predicted molar refractivity (Wildman–Crippen MR) is 131 cm³/mol. The van der Waals surface area contributed by atoms with Crippen LogP contribution in [0, 0.1) is 0 Å². The van der Waals surface area contributed by atoms with Crippen molar-refractivity contribution in [1.82, 2.24) is 0 Å². The van der Waals surface area contributed by atoms with E-state index in [9.17, 15) is 14.7 Å². The van der Waals surface area contributed by atoms with Gasteiger partial charge in [-0.1, -0.05) is 91.0 Å². The van der Waals surface area contributed by atoms with Crippen LogP contribution in [0.5, 0.6) is 0 Å². The number of hydrogen-bond acceptors (Lipinski definition) is 3. The van der Waals surface area contributed by atoms with Crippen LogP contribution in [-0.2, 0) is 17.8 Å². The van der Waals surface area contributed by atoms with Crippen molar-refractivity contribution < 1.29 is 14.7 Å². The molecule has 33 heavy (non-hydrogen) atoms. The quantitative estimate of drug-likeness (QED) is 0.347. The average molecular weight is 436 g/mol. The van der Waals surface area contributed by atoms with Crippen molar-refractivity contribution in [1.29, 1.82) is 0 Å². The molecule has 0 aromatic heterocycles. The summed E-state index contributed by atoms with van der Waals surface area (Å²) in [5.41, 5.74) is 3.92. The number of carboxylic acids is 1. The molecule has 0 saturated heterocycles. The minimum Gasteiger partial charge on any atom is -0.480 e. The molecule has 0 aliphatic carbocycles. The Labute approximate surface area is 193 Å². The highest BCUT2D eigenvalue weighted by Crippen LogP contribution is 2.24. The molecule has 0 unspecified atom stereocenters. The van der Waals surface area contributed by atoms with E-state index < -0.39 is 12.0 Å². The molecule has 1 atom stereocenters. The number of aliphatic carboxylic acids is 1. The highest BCUT2D eigenvalue weighted by Gasteiger charge is 2.27. The smallest absolute Gasteiger partial charge is 0.326 e. The van der Waals surface area contributed by atoms with Gasteiger partial charge in [-0.3, -0.25) is 4.79 Å². The maximum atomic E-state index is 12.8. The second-order valence-electron chi connectivity index (χ2n) is 7.90. The van der Waals surface area contributed by atoms with E-state index in [1.807, 2.05) is 95.9 Å². The highest BCUT2D eigenvalue weighted by molar-refractivity contribution is 6.09. The Bertz CT molecular complexity index is 1190. The first-order valence-corrected chi connectivity index (χ1v) is 10.9. The summed E-state index contributed by atoms with van der Waals surface area (Å²) in [5, 5.41) is 10.1. The summed E-state index contributed by atoms with van der Waals surface area (Å²) in [7, 11) is 0. The highest BCUT2D eigenvalue weighted by atomic mass is 16.4. The van der Waals surface area contributed by atoms with Crippen LogP contribution in [-0.4, -0.2) is 22.9 Å². The number of ketones is 1. The lowest BCUT2D eigenvalue weighted by molar-refractivity contribution is -0.138. The number of carboxylic acid groups (broad SMARTS) is 1. The molecule has 0 bridgehead atoms. The van der Waals surface area contributed by atoms with E-state index in [0.29, 0.717) is 24.1 Å². The number of carbonyl (C=O) groups is 2.